The Morgan fingerprint density at radius 2 is 0.459 bits per heavy atom. The Bertz CT molecular complexity index is 5120. The van der Waals surface area contributed by atoms with Crippen molar-refractivity contribution in [3.05, 3.63) is 321 Å². The molecule has 0 unspecified atom stereocenters. The van der Waals surface area contributed by atoms with Crippen molar-refractivity contribution in [1.82, 2.24) is 32.4 Å². The second-order valence-electron chi connectivity index (χ2n) is 20.8. The summed E-state index contributed by atoms with van der Waals surface area (Å²) in [6.45, 7) is 0. The number of nitrogens with zero attached hydrogens (tertiary/aromatic N) is 6. The lowest BCUT2D eigenvalue weighted by Gasteiger charge is -2.11. The zero-order valence-electron chi connectivity index (χ0n) is 45.5. The summed E-state index contributed by atoms with van der Waals surface area (Å²) in [5, 5.41) is 7.42. The number of rotatable bonds is 6. The molecule has 0 aliphatic carbocycles. The van der Waals surface area contributed by atoms with Crippen molar-refractivity contribution in [3.8, 4) is 34.1 Å². The van der Waals surface area contributed by atoms with Gasteiger partial charge in [0.15, 0.2) is 0 Å². The van der Waals surface area contributed by atoms with Gasteiger partial charge in [-0.25, -0.2) is 9.59 Å². The maximum Gasteiger partial charge on any atom is 0.338 e. The molecule has 12 aromatic carbocycles. The first kappa shape index (κ1) is 51.4. The largest absolute Gasteiger partial charge is 0.355 e. The minimum atomic E-state index is -0.116. The zero-order chi connectivity index (χ0) is 57.1. The highest BCUT2D eigenvalue weighted by atomic mass is 79.9. The number of nitrogens with one attached hydrogen (secondary N) is 1. The van der Waals surface area contributed by atoms with Crippen LogP contribution in [0.15, 0.2) is 310 Å². The molecule has 5 aromatic heterocycles. The molecule has 406 valence electrons. The fourth-order valence-electron chi connectivity index (χ4n) is 12.3. The first-order chi connectivity index (χ1) is 41.9. The molecular formula is C74H49Br2N7O2. The van der Waals surface area contributed by atoms with Gasteiger partial charge in [-0.3, -0.25) is 18.3 Å². The SMILES string of the molecule is O=c1n(-c2cccc(-n3c4ccccc4c4ccccc43)c2)c2ccccc2n1-c1cccc(-n2c3ccccc3c3ccccc32)c1.O=c1n(-c2cccc(Br)c2)c2ccccc2n1-c1cccc(Br)c1.c1ccc2c(c1)[nH]c1ccccc12. The number of imidazole rings is 2. The minimum Gasteiger partial charge on any atom is -0.355 e. The lowest BCUT2D eigenvalue weighted by Crippen LogP contribution is -2.22. The summed E-state index contributed by atoms with van der Waals surface area (Å²) in [6, 6.07) is 98.6. The molecule has 0 aliphatic rings. The molecule has 0 saturated carbocycles. The summed E-state index contributed by atoms with van der Waals surface area (Å²) in [6.07, 6.45) is 0. The standard InChI is InChI=1S/C43H28N4O.C19H12Br2N2O.C12H9N/c48-43-46(31-15-11-13-29(27-31)44-37-21-5-1-17-33(37)34-18-2-6-22-38(34)44)41-25-9-10-26-42(41)47(43)32-16-12-14-30(28-32)45-39-23-7-3-19-35(39)36-20-4-8-24-40(36)45;20-13-5-3-7-15(11-13)22-17-9-1-2-10-18(17)23(19(22)24)16-8-4-6-14(21)12-16;1-3-7-11-9(5-1)10-6-2-4-8-12(10)13-11/h1-28H;1-12H;1-8,13H. The normalized spacial score (nSPS) is 11.5. The van der Waals surface area contributed by atoms with E-state index in [1.54, 1.807) is 9.13 Å². The molecule has 5 heterocycles. The molecule has 85 heavy (non-hydrogen) atoms. The van der Waals surface area contributed by atoms with Crippen LogP contribution in [0.3, 0.4) is 0 Å². The molecule has 9 nitrogen and oxygen atoms in total. The van der Waals surface area contributed by atoms with Crippen molar-refractivity contribution >= 4 is 119 Å². The highest BCUT2D eigenvalue weighted by molar-refractivity contribution is 9.10. The zero-order valence-corrected chi connectivity index (χ0v) is 48.6. The van der Waals surface area contributed by atoms with Crippen molar-refractivity contribution in [2.75, 3.05) is 0 Å². The van der Waals surface area contributed by atoms with Gasteiger partial charge in [0.25, 0.3) is 0 Å². The second kappa shape index (κ2) is 21.4. The Kier molecular flexibility index (Phi) is 12.9. The number of hydrogen-bond donors (Lipinski definition) is 1. The molecule has 17 aromatic rings. The van der Waals surface area contributed by atoms with Crippen molar-refractivity contribution in [3.63, 3.8) is 0 Å². The molecule has 11 heteroatoms. The Hall–Kier alpha value is -10.5. The van der Waals surface area contributed by atoms with Crippen molar-refractivity contribution in [2.45, 2.75) is 0 Å². The van der Waals surface area contributed by atoms with Crippen molar-refractivity contribution in [1.29, 1.82) is 0 Å². The number of hydrogen-bond acceptors (Lipinski definition) is 2. The summed E-state index contributed by atoms with van der Waals surface area (Å²) in [4.78, 5) is 31.2. The molecular weight excluding hydrogens is 1180 g/mol. The van der Waals surface area contributed by atoms with Crippen LogP contribution in [0, 0.1) is 0 Å². The molecule has 0 radical (unpaired) electrons. The fraction of sp³-hybridized carbons (Fsp3) is 0. The second-order valence-corrected chi connectivity index (χ2v) is 22.7. The van der Waals surface area contributed by atoms with E-state index in [-0.39, 0.29) is 11.4 Å². The van der Waals surface area contributed by atoms with E-state index in [1.807, 2.05) is 130 Å². The van der Waals surface area contributed by atoms with E-state index >= 15 is 0 Å². The van der Waals surface area contributed by atoms with E-state index in [4.69, 9.17) is 0 Å². The van der Waals surface area contributed by atoms with Crippen LogP contribution in [0.4, 0.5) is 0 Å². The summed E-state index contributed by atoms with van der Waals surface area (Å²) < 4.78 is 13.6. The third-order valence-corrected chi connectivity index (χ3v) is 16.9. The van der Waals surface area contributed by atoms with Crippen LogP contribution in [0.5, 0.6) is 0 Å². The molecule has 0 aliphatic heterocycles. The van der Waals surface area contributed by atoms with Gasteiger partial charge in [-0.2, -0.15) is 0 Å². The van der Waals surface area contributed by atoms with Gasteiger partial charge in [0.1, 0.15) is 0 Å². The van der Waals surface area contributed by atoms with Crippen molar-refractivity contribution < 1.29 is 0 Å². The lowest BCUT2D eigenvalue weighted by atomic mass is 10.2. The number of aromatic amines is 1. The number of benzene rings is 12. The molecule has 0 bridgehead atoms. The highest BCUT2D eigenvalue weighted by Gasteiger charge is 2.20. The van der Waals surface area contributed by atoms with Gasteiger partial charge in [-0.1, -0.05) is 190 Å². The number of halogens is 2. The van der Waals surface area contributed by atoms with Crippen molar-refractivity contribution in [2.24, 2.45) is 0 Å². The lowest BCUT2D eigenvalue weighted by molar-refractivity contribution is 0.927. The summed E-state index contributed by atoms with van der Waals surface area (Å²) >= 11 is 6.96. The predicted octanol–water partition coefficient (Wildman–Crippen LogP) is 18.6. The van der Waals surface area contributed by atoms with E-state index in [0.29, 0.717) is 0 Å². The Morgan fingerprint density at radius 3 is 0.765 bits per heavy atom. The predicted molar refractivity (Wildman–Crippen MR) is 358 cm³/mol. The summed E-state index contributed by atoms with van der Waals surface area (Å²) in [5.74, 6) is 0. The maximum atomic E-state index is 14.6. The summed E-state index contributed by atoms with van der Waals surface area (Å²) in [7, 11) is 0. The van der Waals surface area contributed by atoms with Crippen LogP contribution in [-0.4, -0.2) is 32.4 Å². The maximum absolute atomic E-state index is 14.6. The molecule has 17 rings (SSSR count). The van der Waals surface area contributed by atoms with E-state index in [1.165, 1.54) is 43.4 Å². The summed E-state index contributed by atoms with van der Waals surface area (Å²) in [5.41, 5.74) is 15.5. The van der Waals surface area contributed by atoms with Crippen LogP contribution >= 0.6 is 31.9 Å². The van der Waals surface area contributed by atoms with Crippen LogP contribution in [-0.2, 0) is 0 Å². The molecule has 1 N–H and O–H groups in total. The third kappa shape index (κ3) is 8.91. The van der Waals surface area contributed by atoms with Gasteiger partial charge in [-0.15, -0.1) is 0 Å². The van der Waals surface area contributed by atoms with E-state index in [0.717, 1.165) is 87.2 Å². The Morgan fingerprint density at radius 1 is 0.224 bits per heavy atom. The fourth-order valence-corrected chi connectivity index (χ4v) is 13.0. The third-order valence-electron chi connectivity index (χ3n) is 15.9. The van der Waals surface area contributed by atoms with Gasteiger partial charge < -0.3 is 14.1 Å². The minimum absolute atomic E-state index is 0.0904. The molecule has 0 atom stereocenters. The highest BCUT2D eigenvalue weighted by Crippen LogP contribution is 2.35. The van der Waals surface area contributed by atoms with Crippen LogP contribution in [0.2, 0.25) is 0 Å². The Balaban J connectivity index is 0.000000136. The number of aromatic nitrogens is 7. The quantitative estimate of drug-likeness (QED) is 0.180. The van der Waals surface area contributed by atoms with Crippen LogP contribution < -0.4 is 11.4 Å². The van der Waals surface area contributed by atoms with Crippen LogP contribution in [0.25, 0.3) is 122 Å². The van der Waals surface area contributed by atoms with Crippen LogP contribution in [0.1, 0.15) is 0 Å². The van der Waals surface area contributed by atoms with Gasteiger partial charge in [-0.05, 0) is 133 Å². The average Bonchev–Trinajstić information content (AvgIpc) is 3.20. The molecule has 0 saturated heterocycles. The van der Waals surface area contributed by atoms with Gasteiger partial charge in [0, 0.05) is 63.7 Å². The first-order valence-corrected chi connectivity index (χ1v) is 29.6. The van der Waals surface area contributed by atoms with E-state index < -0.39 is 0 Å². The monoisotopic (exact) mass is 1230 g/mol. The van der Waals surface area contributed by atoms with Gasteiger partial charge in [0.05, 0.1) is 66.9 Å². The van der Waals surface area contributed by atoms with E-state index in [9.17, 15) is 9.59 Å². The van der Waals surface area contributed by atoms with E-state index in [2.05, 4.69) is 216 Å². The number of H-pyrrole nitrogens is 1. The average molecular weight is 1230 g/mol. The van der Waals surface area contributed by atoms with Gasteiger partial charge >= 0.3 is 11.4 Å². The first-order valence-electron chi connectivity index (χ1n) is 28.0. The molecule has 0 spiro atoms. The smallest absolute Gasteiger partial charge is 0.338 e. The van der Waals surface area contributed by atoms with Gasteiger partial charge in [0.2, 0.25) is 0 Å². The topological polar surface area (TPSA) is 79.5 Å². The number of fused-ring (bicyclic) bond motifs is 11. The number of para-hydroxylation sites is 10. The molecule has 0 fully saturated rings. The Labute approximate surface area is 503 Å². The molecule has 0 amide bonds.